The Kier molecular flexibility index (Phi) is 4.61. The first-order chi connectivity index (χ1) is 8.20. The van der Waals surface area contributed by atoms with E-state index in [0.29, 0.717) is 13.1 Å². The summed E-state index contributed by atoms with van der Waals surface area (Å²) in [5.41, 5.74) is -0.650. The highest BCUT2D eigenvalue weighted by atomic mass is 16.6. The maximum absolute atomic E-state index is 11.9. The van der Waals surface area contributed by atoms with Gasteiger partial charge in [-0.05, 0) is 47.7 Å². The van der Waals surface area contributed by atoms with Crippen molar-refractivity contribution in [2.45, 2.75) is 44.8 Å². The fourth-order valence-electron chi connectivity index (χ4n) is 2.18. The van der Waals surface area contributed by atoms with Crippen LogP contribution < -0.4 is 0 Å². The highest BCUT2D eigenvalue weighted by Gasteiger charge is 2.38. The van der Waals surface area contributed by atoms with Crippen LogP contribution in [0.4, 0.5) is 4.79 Å². The van der Waals surface area contributed by atoms with Crippen molar-refractivity contribution in [1.29, 1.82) is 0 Å². The molecule has 5 nitrogen and oxygen atoms in total. The van der Waals surface area contributed by atoms with Gasteiger partial charge < -0.3 is 19.6 Å². The van der Waals surface area contributed by atoms with Gasteiger partial charge >= 0.3 is 6.09 Å². The van der Waals surface area contributed by atoms with Crippen LogP contribution >= 0.6 is 0 Å². The second kappa shape index (κ2) is 5.45. The Bertz CT molecular complexity index is 289. The number of carbonyl (C=O) groups excluding carboxylic acids is 1. The zero-order valence-electron chi connectivity index (χ0n) is 12.2. The van der Waals surface area contributed by atoms with Gasteiger partial charge in [-0.25, -0.2) is 4.79 Å². The van der Waals surface area contributed by atoms with Crippen LogP contribution in [0.15, 0.2) is 0 Å². The van der Waals surface area contributed by atoms with Crippen molar-refractivity contribution >= 4 is 6.09 Å². The van der Waals surface area contributed by atoms with E-state index in [1.54, 1.807) is 4.90 Å². The Hall–Kier alpha value is -0.810. The number of ether oxygens (including phenoxy) is 1. The summed E-state index contributed by atoms with van der Waals surface area (Å²) < 4.78 is 5.35. The molecule has 1 aliphatic heterocycles. The molecule has 1 fully saturated rings. The van der Waals surface area contributed by atoms with E-state index < -0.39 is 5.60 Å². The third kappa shape index (κ3) is 3.59. The van der Waals surface area contributed by atoms with Crippen molar-refractivity contribution in [3.05, 3.63) is 0 Å². The number of likely N-dealkylation sites (N-methyl/N-ethyl adjacent to an activating group) is 1. The number of aliphatic hydroxyl groups excluding tert-OH is 1. The molecule has 0 spiro atoms. The summed E-state index contributed by atoms with van der Waals surface area (Å²) in [5.74, 6) is 0. The molecule has 0 aromatic carbocycles. The molecule has 0 aromatic rings. The first-order valence-electron chi connectivity index (χ1n) is 6.46. The predicted molar refractivity (Wildman–Crippen MR) is 70.5 cm³/mol. The van der Waals surface area contributed by atoms with Crippen molar-refractivity contribution in [3.63, 3.8) is 0 Å². The van der Waals surface area contributed by atoms with E-state index in [1.165, 1.54) is 0 Å². The van der Waals surface area contributed by atoms with E-state index in [4.69, 9.17) is 4.74 Å². The molecule has 0 bridgehead atoms. The maximum Gasteiger partial charge on any atom is 0.410 e. The highest BCUT2D eigenvalue weighted by molar-refractivity contribution is 5.68. The van der Waals surface area contributed by atoms with E-state index in [0.717, 1.165) is 12.8 Å². The van der Waals surface area contributed by atoms with Gasteiger partial charge in [0.1, 0.15) is 5.60 Å². The minimum absolute atomic E-state index is 0.127. The van der Waals surface area contributed by atoms with Gasteiger partial charge in [0.25, 0.3) is 0 Å². The SMILES string of the molecule is CN(C)C1(CO)CCN(C(=O)OC(C)(C)C)CC1. The summed E-state index contributed by atoms with van der Waals surface area (Å²) >= 11 is 0. The Morgan fingerprint density at radius 3 is 2.17 bits per heavy atom. The average Bonchev–Trinajstić information content (AvgIpc) is 2.26. The largest absolute Gasteiger partial charge is 0.444 e. The molecule has 0 aromatic heterocycles. The lowest BCUT2D eigenvalue weighted by atomic mass is 9.87. The first-order valence-corrected chi connectivity index (χ1v) is 6.46. The Morgan fingerprint density at radius 2 is 1.83 bits per heavy atom. The average molecular weight is 258 g/mol. The van der Waals surface area contributed by atoms with Crippen LogP contribution in [0.3, 0.4) is 0 Å². The molecule has 0 radical (unpaired) electrons. The fourth-order valence-corrected chi connectivity index (χ4v) is 2.18. The van der Waals surface area contributed by atoms with E-state index in [-0.39, 0.29) is 18.2 Å². The van der Waals surface area contributed by atoms with E-state index in [1.807, 2.05) is 34.9 Å². The molecular weight excluding hydrogens is 232 g/mol. The number of rotatable bonds is 2. The van der Waals surface area contributed by atoms with Gasteiger partial charge in [0.2, 0.25) is 0 Å². The predicted octanol–water partition coefficient (Wildman–Crippen LogP) is 1.31. The molecule has 1 amide bonds. The lowest BCUT2D eigenvalue weighted by Crippen LogP contribution is -2.56. The standard InChI is InChI=1S/C13H26N2O3/c1-12(2,3)18-11(17)15-8-6-13(10-16,7-9-15)14(4)5/h16H,6-10H2,1-5H3. The van der Waals surface area contributed by atoms with Crippen molar-refractivity contribution < 1.29 is 14.6 Å². The molecule has 1 N–H and O–H groups in total. The number of hydrogen-bond donors (Lipinski definition) is 1. The number of likely N-dealkylation sites (tertiary alicyclic amines) is 1. The summed E-state index contributed by atoms with van der Waals surface area (Å²) in [6, 6.07) is 0. The molecule has 1 rings (SSSR count). The second-order valence-corrected chi connectivity index (χ2v) is 6.24. The zero-order valence-corrected chi connectivity index (χ0v) is 12.2. The third-order valence-corrected chi connectivity index (χ3v) is 3.59. The van der Waals surface area contributed by atoms with Crippen molar-refractivity contribution in [1.82, 2.24) is 9.80 Å². The lowest BCUT2D eigenvalue weighted by Gasteiger charge is -2.45. The van der Waals surface area contributed by atoms with Gasteiger partial charge in [0, 0.05) is 18.6 Å². The first kappa shape index (κ1) is 15.2. The van der Waals surface area contributed by atoms with Crippen molar-refractivity contribution in [2.75, 3.05) is 33.8 Å². The topological polar surface area (TPSA) is 53.0 Å². The molecule has 1 saturated heterocycles. The number of hydrogen-bond acceptors (Lipinski definition) is 4. The highest BCUT2D eigenvalue weighted by Crippen LogP contribution is 2.27. The smallest absolute Gasteiger partial charge is 0.410 e. The molecule has 0 unspecified atom stereocenters. The van der Waals surface area contributed by atoms with Crippen LogP contribution in [0.5, 0.6) is 0 Å². The molecule has 0 saturated carbocycles. The maximum atomic E-state index is 11.9. The van der Waals surface area contributed by atoms with Gasteiger partial charge in [-0.15, -0.1) is 0 Å². The monoisotopic (exact) mass is 258 g/mol. The Morgan fingerprint density at radius 1 is 1.33 bits per heavy atom. The quantitative estimate of drug-likeness (QED) is 0.811. The fraction of sp³-hybridized carbons (Fsp3) is 0.923. The van der Waals surface area contributed by atoms with Gasteiger partial charge in [-0.3, -0.25) is 0 Å². The Labute approximate surface area is 110 Å². The third-order valence-electron chi connectivity index (χ3n) is 3.59. The van der Waals surface area contributed by atoms with Gasteiger partial charge in [0.05, 0.1) is 6.61 Å². The molecule has 1 heterocycles. The summed E-state index contributed by atoms with van der Waals surface area (Å²) in [4.78, 5) is 15.7. The zero-order chi connectivity index (χ0) is 14.0. The molecule has 1 aliphatic rings. The molecule has 18 heavy (non-hydrogen) atoms. The van der Waals surface area contributed by atoms with E-state index in [9.17, 15) is 9.90 Å². The summed E-state index contributed by atoms with van der Waals surface area (Å²) in [6.07, 6.45) is 1.29. The van der Waals surface area contributed by atoms with Crippen LogP contribution in [-0.2, 0) is 4.74 Å². The number of nitrogens with zero attached hydrogens (tertiary/aromatic N) is 2. The summed E-state index contributed by atoms with van der Waals surface area (Å²) in [7, 11) is 3.94. The van der Waals surface area contributed by atoms with E-state index >= 15 is 0 Å². The normalized spacial score (nSPS) is 20.1. The van der Waals surface area contributed by atoms with Crippen molar-refractivity contribution in [2.24, 2.45) is 0 Å². The van der Waals surface area contributed by atoms with Crippen LogP contribution in [0.25, 0.3) is 0 Å². The summed E-state index contributed by atoms with van der Waals surface area (Å²) in [5, 5.41) is 9.55. The molecule has 5 heteroatoms. The van der Waals surface area contributed by atoms with Crippen molar-refractivity contribution in [3.8, 4) is 0 Å². The van der Waals surface area contributed by atoms with Gasteiger partial charge in [-0.1, -0.05) is 0 Å². The minimum atomic E-state index is -0.454. The Balaban J connectivity index is 2.56. The van der Waals surface area contributed by atoms with Gasteiger partial charge in [0.15, 0.2) is 0 Å². The summed E-state index contributed by atoms with van der Waals surface area (Å²) in [6.45, 7) is 7.00. The number of carbonyl (C=O) groups is 1. The molecular formula is C13H26N2O3. The van der Waals surface area contributed by atoms with Crippen LogP contribution in [0.1, 0.15) is 33.6 Å². The second-order valence-electron chi connectivity index (χ2n) is 6.24. The van der Waals surface area contributed by atoms with Crippen LogP contribution in [-0.4, -0.2) is 65.9 Å². The molecule has 0 atom stereocenters. The van der Waals surface area contributed by atoms with E-state index in [2.05, 4.69) is 4.90 Å². The number of piperidine rings is 1. The lowest BCUT2D eigenvalue weighted by molar-refractivity contribution is -0.0127. The van der Waals surface area contributed by atoms with Gasteiger partial charge in [-0.2, -0.15) is 0 Å². The van der Waals surface area contributed by atoms with Crippen LogP contribution in [0.2, 0.25) is 0 Å². The number of amides is 1. The van der Waals surface area contributed by atoms with Crippen LogP contribution in [0, 0.1) is 0 Å². The molecule has 0 aliphatic carbocycles. The molecule has 106 valence electrons. The number of aliphatic hydroxyl groups is 1. The minimum Gasteiger partial charge on any atom is -0.444 e.